The van der Waals surface area contributed by atoms with E-state index in [2.05, 4.69) is 26.2 Å². The highest BCUT2D eigenvalue weighted by Crippen LogP contribution is 2.22. The first-order valence-electron chi connectivity index (χ1n) is 4.56. The number of aromatic nitrogens is 1. The van der Waals surface area contributed by atoms with E-state index in [1.807, 2.05) is 0 Å². The van der Waals surface area contributed by atoms with Crippen LogP contribution in [0.15, 0.2) is 16.7 Å². The molecule has 0 amide bonds. The summed E-state index contributed by atoms with van der Waals surface area (Å²) in [5, 5.41) is 3.66. The maximum Gasteiger partial charge on any atom is 0.144 e. The fourth-order valence-corrected chi connectivity index (χ4v) is 1.67. The zero-order valence-electron chi connectivity index (χ0n) is 8.17. The van der Waals surface area contributed by atoms with Crippen LogP contribution in [0.4, 0.5) is 5.82 Å². The average Bonchev–Trinajstić information content (AvgIpc) is 2.20. The Morgan fingerprint density at radius 3 is 3.00 bits per heavy atom. The quantitative estimate of drug-likeness (QED) is 0.787. The first kappa shape index (κ1) is 12.7. The zero-order valence-corrected chi connectivity index (χ0v) is 10.5. The maximum absolute atomic E-state index is 5.95. The summed E-state index contributed by atoms with van der Waals surface area (Å²) in [4.78, 5) is 4.13. The molecule has 0 atom stereocenters. The predicted octanol–water partition coefficient (Wildman–Crippen LogP) is 1.88. The van der Waals surface area contributed by atoms with Crippen LogP contribution >= 0.6 is 27.5 Å². The molecule has 15 heavy (non-hydrogen) atoms. The molecule has 0 aliphatic heterocycles. The van der Waals surface area contributed by atoms with Crippen LogP contribution < -0.4 is 11.1 Å². The van der Waals surface area contributed by atoms with Crippen LogP contribution in [0.1, 0.15) is 0 Å². The molecule has 1 rings (SSSR count). The number of hydrogen-bond acceptors (Lipinski definition) is 4. The van der Waals surface area contributed by atoms with Gasteiger partial charge in [-0.1, -0.05) is 11.6 Å². The first-order chi connectivity index (χ1) is 7.24. The third kappa shape index (κ3) is 4.79. The number of anilines is 1. The summed E-state index contributed by atoms with van der Waals surface area (Å²) < 4.78 is 6.06. The van der Waals surface area contributed by atoms with Crippen molar-refractivity contribution < 1.29 is 4.74 Å². The third-order valence-corrected chi connectivity index (χ3v) is 2.33. The normalized spacial score (nSPS) is 10.3. The Kier molecular flexibility index (Phi) is 5.93. The van der Waals surface area contributed by atoms with Gasteiger partial charge in [0, 0.05) is 23.8 Å². The minimum atomic E-state index is 0.539. The molecule has 0 bridgehead atoms. The van der Waals surface area contributed by atoms with Crippen molar-refractivity contribution in [3.05, 3.63) is 21.8 Å². The van der Waals surface area contributed by atoms with E-state index in [9.17, 15) is 0 Å². The lowest BCUT2D eigenvalue weighted by molar-refractivity contribution is 0.151. The second-order valence-electron chi connectivity index (χ2n) is 2.81. The highest BCUT2D eigenvalue weighted by Gasteiger charge is 2.01. The topological polar surface area (TPSA) is 60.2 Å². The summed E-state index contributed by atoms with van der Waals surface area (Å²) in [6.45, 7) is 2.36. The Hall–Kier alpha value is -0.360. The molecule has 3 N–H and O–H groups in total. The van der Waals surface area contributed by atoms with Gasteiger partial charge in [0.2, 0.25) is 0 Å². The van der Waals surface area contributed by atoms with E-state index >= 15 is 0 Å². The Labute approximate surface area is 102 Å². The number of nitrogens with two attached hydrogens (primary N) is 1. The fourth-order valence-electron chi connectivity index (χ4n) is 0.972. The van der Waals surface area contributed by atoms with Gasteiger partial charge in [0.1, 0.15) is 5.82 Å². The average molecular weight is 295 g/mol. The molecule has 0 aliphatic rings. The van der Waals surface area contributed by atoms with Crippen LogP contribution in [0.3, 0.4) is 0 Å². The predicted molar refractivity (Wildman–Crippen MR) is 65.3 cm³/mol. The molecule has 0 radical (unpaired) electrons. The second kappa shape index (κ2) is 7.00. The summed E-state index contributed by atoms with van der Waals surface area (Å²) in [6.07, 6.45) is 1.69. The molecule has 1 heterocycles. The number of nitrogens with one attached hydrogen (secondary N) is 1. The summed E-state index contributed by atoms with van der Waals surface area (Å²) in [7, 11) is 0. The van der Waals surface area contributed by atoms with Gasteiger partial charge in [0.25, 0.3) is 0 Å². The lowest BCUT2D eigenvalue weighted by Gasteiger charge is -2.07. The minimum Gasteiger partial charge on any atom is -0.378 e. The highest BCUT2D eigenvalue weighted by molar-refractivity contribution is 9.10. The summed E-state index contributed by atoms with van der Waals surface area (Å²) >= 11 is 9.24. The van der Waals surface area contributed by atoms with Crippen LogP contribution in [0, 0.1) is 0 Å². The lowest BCUT2D eigenvalue weighted by Crippen LogP contribution is -2.15. The van der Waals surface area contributed by atoms with E-state index < -0.39 is 0 Å². The summed E-state index contributed by atoms with van der Waals surface area (Å²) in [5.74, 6) is 0.663. The van der Waals surface area contributed by atoms with Crippen molar-refractivity contribution in [2.75, 3.05) is 31.6 Å². The van der Waals surface area contributed by atoms with Crippen molar-refractivity contribution in [3.8, 4) is 0 Å². The van der Waals surface area contributed by atoms with Crippen molar-refractivity contribution in [1.29, 1.82) is 0 Å². The van der Waals surface area contributed by atoms with Crippen molar-refractivity contribution >= 4 is 33.3 Å². The zero-order chi connectivity index (χ0) is 11.1. The van der Waals surface area contributed by atoms with Crippen molar-refractivity contribution in [1.82, 2.24) is 4.98 Å². The Morgan fingerprint density at radius 1 is 1.53 bits per heavy atom. The first-order valence-corrected chi connectivity index (χ1v) is 5.74. The smallest absolute Gasteiger partial charge is 0.144 e. The second-order valence-corrected chi connectivity index (χ2v) is 4.13. The van der Waals surface area contributed by atoms with Crippen molar-refractivity contribution in [2.24, 2.45) is 5.73 Å². The van der Waals surface area contributed by atoms with Gasteiger partial charge in [0.05, 0.1) is 18.2 Å². The third-order valence-electron chi connectivity index (χ3n) is 1.61. The molecule has 84 valence electrons. The van der Waals surface area contributed by atoms with Crippen LogP contribution in [0.2, 0.25) is 5.02 Å². The lowest BCUT2D eigenvalue weighted by atomic mass is 10.4. The molecular formula is C9H13BrClN3O. The number of rotatable bonds is 6. The van der Waals surface area contributed by atoms with Gasteiger partial charge < -0.3 is 15.8 Å². The van der Waals surface area contributed by atoms with Gasteiger partial charge >= 0.3 is 0 Å². The van der Waals surface area contributed by atoms with Crippen LogP contribution in [0.25, 0.3) is 0 Å². The molecule has 6 heteroatoms. The van der Waals surface area contributed by atoms with Gasteiger partial charge in [-0.25, -0.2) is 4.98 Å². The van der Waals surface area contributed by atoms with Gasteiger partial charge in [0.15, 0.2) is 0 Å². The minimum absolute atomic E-state index is 0.539. The van der Waals surface area contributed by atoms with Gasteiger partial charge in [-0.15, -0.1) is 0 Å². The summed E-state index contributed by atoms with van der Waals surface area (Å²) in [6, 6.07) is 1.79. The van der Waals surface area contributed by atoms with Crippen LogP contribution in [-0.2, 0) is 4.74 Å². The number of pyridine rings is 1. The Bertz CT molecular complexity index is 311. The largest absolute Gasteiger partial charge is 0.378 e. The molecule has 0 unspecified atom stereocenters. The van der Waals surface area contributed by atoms with E-state index in [0.717, 1.165) is 4.47 Å². The SMILES string of the molecule is NCCOCCNc1ncc(Br)cc1Cl. The summed E-state index contributed by atoms with van der Waals surface area (Å²) in [5.41, 5.74) is 5.28. The van der Waals surface area contributed by atoms with Gasteiger partial charge in [-0.3, -0.25) is 0 Å². The van der Waals surface area contributed by atoms with E-state index in [4.69, 9.17) is 22.1 Å². The fraction of sp³-hybridized carbons (Fsp3) is 0.444. The van der Waals surface area contributed by atoms with E-state index in [1.165, 1.54) is 0 Å². The number of halogens is 2. The van der Waals surface area contributed by atoms with Gasteiger partial charge in [-0.2, -0.15) is 0 Å². The molecule has 4 nitrogen and oxygen atoms in total. The molecule has 0 aliphatic carbocycles. The highest BCUT2D eigenvalue weighted by atomic mass is 79.9. The van der Waals surface area contributed by atoms with Crippen molar-refractivity contribution in [3.63, 3.8) is 0 Å². The Balaban J connectivity index is 2.31. The number of nitrogens with zero attached hydrogens (tertiary/aromatic N) is 1. The molecule has 1 aromatic heterocycles. The van der Waals surface area contributed by atoms with E-state index in [-0.39, 0.29) is 0 Å². The van der Waals surface area contributed by atoms with E-state index in [0.29, 0.717) is 37.1 Å². The van der Waals surface area contributed by atoms with Gasteiger partial charge in [-0.05, 0) is 22.0 Å². The molecule has 1 aromatic rings. The van der Waals surface area contributed by atoms with Crippen LogP contribution in [0.5, 0.6) is 0 Å². The molecular weight excluding hydrogens is 281 g/mol. The molecule has 0 fully saturated rings. The number of ether oxygens (including phenoxy) is 1. The molecule has 0 saturated heterocycles. The molecule has 0 saturated carbocycles. The standard InChI is InChI=1S/C9H13BrClN3O/c10-7-5-8(11)9(14-6-7)13-2-4-15-3-1-12/h5-6H,1-4,12H2,(H,13,14). The van der Waals surface area contributed by atoms with Crippen molar-refractivity contribution in [2.45, 2.75) is 0 Å². The molecule has 0 aromatic carbocycles. The number of hydrogen-bond donors (Lipinski definition) is 2. The molecule has 0 spiro atoms. The van der Waals surface area contributed by atoms with E-state index in [1.54, 1.807) is 12.3 Å². The Morgan fingerprint density at radius 2 is 2.33 bits per heavy atom. The monoisotopic (exact) mass is 293 g/mol. The maximum atomic E-state index is 5.95. The van der Waals surface area contributed by atoms with Crippen LogP contribution in [-0.4, -0.2) is 31.3 Å².